The van der Waals surface area contributed by atoms with Crippen LogP contribution in [0.1, 0.15) is 114 Å². The fourth-order valence-corrected chi connectivity index (χ4v) is 15.8. The Labute approximate surface area is 386 Å². The number of Topliss-reactive ketones (excluding diaryl/α,β-unsaturated/α-hetero) is 1. The highest BCUT2D eigenvalue weighted by atomic mass is 35.5. The van der Waals surface area contributed by atoms with E-state index in [0.717, 1.165) is 55.8 Å². The number of allylic oxidation sites excluding steroid dienone is 4. The van der Waals surface area contributed by atoms with Crippen LogP contribution in [0.2, 0.25) is 5.02 Å². The summed E-state index contributed by atoms with van der Waals surface area (Å²) in [6.07, 6.45) is 9.07. The van der Waals surface area contributed by atoms with Crippen LogP contribution in [0.5, 0.6) is 0 Å². The van der Waals surface area contributed by atoms with Crippen LogP contribution in [-0.2, 0) is 17.5 Å². The van der Waals surface area contributed by atoms with Crippen molar-refractivity contribution >= 4 is 17.4 Å². The Morgan fingerprint density at radius 2 is 1.68 bits per heavy atom. The van der Waals surface area contributed by atoms with Gasteiger partial charge in [-0.3, -0.25) is 9.69 Å². The van der Waals surface area contributed by atoms with Gasteiger partial charge in [0.05, 0.1) is 41.6 Å². The second-order valence-corrected chi connectivity index (χ2v) is 22.9. The number of rotatable bonds is 13. The van der Waals surface area contributed by atoms with E-state index in [1.54, 1.807) is 0 Å². The van der Waals surface area contributed by atoms with Gasteiger partial charge in [-0.1, -0.05) is 87.9 Å². The Morgan fingerprint density at radius 1 is 0.938 bits per heavy atom. The Bertz CT molecular complexity index is 2380. The minimum absolute atomic E-state index is 0.0204. The van der Waals surface area contributed by atoms with Gasteiger partial charge < -0.3 is 24.5 Å². The van der Waals surface area contributed by atoms with Gasteiger partial charge in [0.15, 0.2) is 5.76 Å². The quantitative estimate of drug-likeness (QED) is 0.116. The minimum atomic E-state index is -4.59. The molecule has 4 bridgehead atoms. The molecule has 6 saturated carbocycles. The average Bonchev–Trinajstić information content (AvgIpc) is 3.86. The zero-order valence-corrected chi connectivity index (χ0v) is 38.9. The van der Waals surface area contributed by atoms with E-state index in [4.69, 9.17) is 20.8 Å². The first-order valence-electron chi connectivity index (χ1n) is 24.1. The van der Waals surface area contributed by atoms with Gasteiger partial charge in [-0.05, 0) is 141 Å². The molecule has 11 heteroatoms. The second kappa shape index (κ2) is 15.9. The molecule has 0 saturated heterocycles. The molecule has 9 aliphatic carbocycles. The van der Waals surface area contributed by atoms with E-state index in [1.165, 1.54) is 31.0 Å². The molecule has 3 aromatic rings. The summed E-state index contributed by atoms with van der Waals surface area (Å²) in [5.74, 6) is 1.50. The number of benzene rings is 2. The minimum Gasteiger partial charge on any atom is -0.453 e. The van der Waals surface area contributed by atoms with E-state index < -0.39 is 45.8 Å². The number of halogens is 4. The third-order valence-electron chi connectivity index (χ3n) is 19.2. The molecule has 350 valence electrons. The number of hydrogen-bond acceptors (Lipinski definition) is 7. The lowest BCUT2D eigenvalue weighted by atomic mass is 9.32. The second-order valence-electron chi connectivity index (χ2n) is 22.5. The highest BCUT2D eigenvalue weighted by Crippen LogP contribution is 2.78. The summed E-state index contributed by atoms with van der Waals surface area (Å²) in [6, 6.07) is 16.1. The third kappa shape index (κ3) is 7.11. The number of fused-ring (bicyclic) bond motifs is 3. The highest BCUT2D eigenvalue weighted by molar-refractivity contribution is 6.33. The predicted octanol–water partition coefficient (Wildman–Crippen LogP) is 11.3. The number of hydrogen-bond donors (Lipinski definition) is 3. The molecule has 7 nitrogen and oxygen atoms in total. The van der Waals surface area contributed by atoms with Crippen molar-refractivity contribution in [1.82, 2.24) is 4.90 Å². The van der Waals surface area contributed by atoms with Crippen molar-refractivity contribution < 1.29 is 42.4 Å². The lowest BCUT2D eigenvalue weighted by molar-refractivity contribution is -0.179. The van der Waals surface area contributed by atoms with Gasteiger partial charge in [0.1, 0.15) is 5.76 Å². The molecular formula is C54H65ClF3NO6. The fraction of sp³-hybridized carbons (Fsp3) is 0.611. The normalized spacial score (nSPS) is 38.1. The monoisotopic (exact) mass is 915 g/mol. The van der Waals surface area contributed by atoms with Crippen molar-refractivity contribution in [3.8, 4) is 11.3 Å². The maximum atomic E-state index is 15.3. The topological polar surface area (TPSA) is 103 Å². The average molecular weight is 917 g/mol. The largest absolute Gasteiger partial charge is 0.453 e. The van der Waals surface area contributed by atoms with Gasteiger partial charge in [0.25, 0.3) is 0 Å². The number of aliphatic hydroxyl groups excluding tert-OH is 2. The van der Waals surface area contributed by atoms with Crippen LogP contribution < -0.4 is 0 Å². The van der Waals surface area contributed by atoms with Crippen molar-refractivity contribution in [2.24, 2.45) is 56.7 Å². The molecule has 1 aromatic heterocycles. The Kier molecular flexibility index (Phi) is 11.1. The molecule has 12 rings (SSSR count). The van der Waals surface area contributed by atoms with Crippen molar-refractivity contribution in [3.05, 3.63) is 106 Å². The van der Waals surface area contributed by atoms with Crippen molar-refractivity contribution in [1.29, 1.82) is 0 Å². The summed E-state index contributed by atoms with van der Waals surface area (Å²) in [4.78, 5) is 17.6. The molecule has 2 aromatic carbocycles. The first kappa shape index (κ1) is 45.5. The molecule has 12 unspecified atom stereocenters. The SMILES string of the molecule is CC1(C)C2CCC(CN(CC(O)COCc3ccccc3)CC3(O)CCC4C56C=CC7(C=C5C(=O)c5ccc(-c8cc(C(F)(F)F)ccc8Cl)o5)CC(O)CCC7(C)C6CCC43C)C1C2. The van der Waals surface area contributed by atoms with Crippen LogP contribution in [0.15, 0.2) is 88.9 Å². The maximum Gasteiger partial charge on any atom is 0.416 e. The molecule has 3 N–H and O–H groups in total. The van der Waals surface area contributed by atoms with Crippen LogP contribution >= 0.6 is 11.6 Å². The maximum absolute atomic E-state index is 15.3. The zero-order chi connectivity index (χ0) is 46.0. The van der Waals surface area contributed by atoms with E-state index in [2.05, 4.69) is 50.8 Å². The number of ether oxygens (including phenoxy) is 1. The summed E-state index contributed by atoms with van der Waals surface area (Å²) in [5.41, 5.74) is -2.24. The number of nitrogens with zero attached hydrogens (tertiary/aromatic N) is 1. The van der Waals surface area contributed by atoms with Crippen molar-refractivity contribution in [2.45, 2.75) is 122 Å². The molecule has 0 aliphatic heterocycles. The Hall–Kier alpha value is -3.25. The van der Waals surface area contributed by atoms with E-state index in [-0.39, 0.29) is 57.2 Å². The van der Waals surface area contributed by atoms with Crippen LogP contribution in [-0.4, -0.2) is 70.1 Å². The summed E-state index contributed by atoms with van der Waals surface area (Å²) in [5, 5.41) is 36.3. The summed E-state index contributed by atoms with van der Waals surface area (Å²) >= 11 is 6.45. The number of aliphatic hydroxyl groups is 3. The molecule has 0 amide bonds. The molecule has 6 fully saturated rings. The first-order chi connectivity index (χ1) is 30.7. The Balaban J connectivity index is 0.977. The van der Waals surface area contributed by atoms with E-state index in [1.807, 2.05) is 30.3 Å². The fourth-order valence-electron chi connectivity index (χ4n) is 15.5. The van der Waals surface area contributed by atoms with Gasteiger partial charge in [-0.2, -0.15) is 13.2 Å². The highest BCUT2D eigenvalue weighted by Gasteiger charge is 2.74. The zero-order valence-electron chi connectivity index (χ0n) is 38.2. The Morgan fingerprint density at radius 3 is 2.42 bits per heavy atom. The van der Waals surface area contributed by atoms with E-state index in [9.17, 15) is 28.5 Å². The van der Waals surface area contributed by atoms with Crippen LogP contribution in [0.25, 0.3) is 11.3 Å². The molecule has 1 heterocycles. The van der Waals surface area contributed by atoms with E-state index >= 15 is 4.79 Å². The molecule has 12 atom stereocenters. The molecule has 65 heavy (non-hydrogen) atoms. The standard InChI is InChI=1S/C54H65ClF3NO6/c1-48(2)35-11-10-34(40(48)25-35)28-59(29-38(61)31-64-30-33-8-6-5-7-9-33)32-52(63)21-18-46-50(52,4)20-17-45-49(3)19-16-37(60)26-51(49)22-23-53(45,46)41(27-51)47(62)44-15-14-43(65-44)39-24-36(54(56,57)58)12-13-42(39)55/h5-9,12-15,22-24,27,34-35,37-38,40,45-46,60-61,63H,10-11,16-21,25-26,28-32H2,1-4H3. The number of furan rings is 1. The first-order valence-corrected chi connectivity index (χ1v) is 24.5. The van der Waals surface area contributed by atoms with E-state index in [0.29, 0.717) is 62.8 Å². The van der Waals surface area contributed by atoms with Gasteiger partial charge in [0.2, 0.25) is 5.78 Å². The molecule has 2 spiro atoms. The number of carbonyl (C=O) groups excluding carboxylic acids is 1. The lowest BCUT2D eigenvalue weighted by Crippen LogP contribution is -2.67. The molecule has 9 aliphatic rings. The lowest BCUT2D eigenvalue weighted by Gasteiger charge is -2.71. The third-order valence-corrected chi connectivity index (χ3v) is 19.5. The smallest absolute Gasteiger partial charge is 0.416 e. The van der Waals surface area contributed by atoms with Crippen LogP contribution in [0.3, 0.4) is 0 Å². The number of carbonyl (C=O) groups is 1. The summed E-state index contributed by atoms with van der Waals surface area (Å²) in [6.45, 7) is 11.5. The van der Waals surface area contributed by atoms with Crippen molar-refractivity contribution in [2.75, 3.05) is 26.2 Å². The van der Waals surface area contributed by atoms with Crippen LogP contribution in [0.4, 0.5) is 13.2 Å². The molecule has 0 radical (unpaired) electrons. The van der Waals surface area contributed by atoms with Gasteiger partial charge in [-0.15, -0.1) is 0 Å². The van der Waals surface area contributed by atoms with Gasteiger partial charge >= 0.3 is 6.18 Å². The van der Waals surface area contributed by atoms with Gasteiger partial charge in [0, 0.05) is 47.0 Å². The van der Waals surface area contributed by atoms with Crippen LogP contribution in [0, 0.1) is 56.7 Å². The van der Waals surface area contributed by atoms with Crippen molar-refractivity contribution in [3.63, 3.8) is 0 Å². The summed E-state index contributed by atoms with van der Waals surface area (Å²) < 4.78 is 53.7. The van der Waals surface area contributed by atoms with Gasteiger partial charge in [-0.25, -0.2) is 0 Å². The number of alkyl halides is 3. The number of ketones is 1. The predicted molar refractivity (Wildman–Crippen MR) is 244 cm³/mol. The summed E-state index contributed by atoms with van der Waals surface area (Å²) in [7, 11) is 0. The molecular weight excluding hydrogens is 851 g/mol.